The van der Waals surface area contributed by atoms with E-state index in [-0.39, 0.29) is 17.3 Å². The zero-order valence-electron chi connectivity index (χ0n) is 16.5. The summed E-state index contributed by atoms with van der Waals surface area (Å²) in [6.07, 6.45) is 3.31. The molecule has 2 aromatic carbocycles. The number of benzene rings is 2. The number of hydrogen-bond acceptors (Lipinski definition) is 6. The summed E-state index contributed by atoms with van der Waals surface area (Å²) in [5.41, 5.74) is 3.88. The van der Waals surface area contributed by atoms with Crippen LogP contribution in [0.3, 0.4) is 0 Å². The summed E-state index contributed by atoms with van der Waals surface area (Å²) < 4.78 is 40.5. The molecule has 0 spiro atoms. The number of aromatic nitrogens is 3. The van der Waals surface area contributed by atoms with Crippen LogP contribution in [-0.4, -0.2) is 52.3 Å². The van der Waals surface area contributed by atoms with E-state index >= 15 is 4.39 Å². The number of H-pyrrole nitrogens is 1. The van der Waals surface area contributed by atoms with Gasteiger partial charge in [0.25, 0.3) is 0 Å². The third kappa shape index (κ3) is 4.21. The minimum absolute atomic E-state index is 0.165. The van der Waals surface area contributed by atoms with E-state index in [0.717, 1.165) is 16.0 Å². The van der Waals surface area contributed by atoms with Crippen LogP contribution in [0.2, 0.25) is 0 Å². The zero-order chi connectivity index (χ0) is 21.4. The van der Waals surface area contributed by atoms with Gasteiger partial charge in [-0.2, -0.15) is 0 Å². The molecule has 2 aromatic heterocycles. The van der Waals surface area contributed by atoms with E-state index in [0.29, 0.717) is 35.5 Å². The third-order valence-corrected chi connectivity index (χ3v) is 8.02. The number of nitrogens with zero attached hydrogens (tertiary/aromatic N) is 3. The van der Waals surface area contributed by atoms with Gasteiger partial charge in [-0.05, 0) is 47.3 Å². The first kappa shape index (κ1) is 20.2. The number of sulfone groups is 1. The molecule has 0 radical (unpaired) electrons. The van der Waals surface area contributed by atoms with Crippen molar-refractivity contribution in [2.75, 3.05) is 24.6 Å². The highest BCUT2D eigenvalue weighted by atomic mass is 32.2. The van der Waals surface area contributed by atoms with Gasteiger partial charge >= 0.3 is 0 Å². The molecule has 0 amide bonds. The quantitative estimate of drug-likeness (QED) is 0.467. The predicted octanol–water partition coefficient (Wildman–Crippen LogP) is 4.17. The lowest BCUT2D eigenvalue weighted by Gasteiger charge is -2.26. The summed E-state index contributed by atoms with van der Waals surface area (Å²) in [6.45, 7) is 0.962. The predicted molar refractivity (Wildman–Crippen MR) is 121 cm³/mol. The second kappa shape index (κ2) is 8.07. The fourth-order valence-electron chi connectivity index (χ4n) is 3.56. The number of hydrogen-bond donors (Lipinski definition) is 1. The molecule has 31 heavy (non-hydrogen) atoms. The molecule has 0 unspecified atom stereocenters. The van der Waals surface area contributed by atoms with Crippen LogP contribution in [0.15, 0.2) is 65.8 Å². The molecule has 0 atom stereocenters. The minimum Gasteiger partial charge on any atom is -0.345 e. The Balaban J connectivity index is 1.44. The van der Waals surface area contributed by atoms with Crippen molar-refractivity contribution >= 4 is 32.9 Å². The monoisotopic (exact) mass is 454 g/mol. The maximum atomic E-state index is 15.1. The highest BCUT2D eigenvalue weighted by Crippen LogP contribution is 2.35. The average molecular weight is 455 g/mol. The van der Waals surface area contributed by atoms with Crippen LogP contribution < -0.4 is 0 Å². The SMILES string of the molecule is O=S1(=O)CCN(Sc2ccccc2-c2ccc(-c3cnc4[nH]ccc4n3)c(F)c2)CC1. The Labute approximate surface area is 183 Å². The van der Waals surface area contributed by atoms with Gasteiger partial charge < -0.3 is 4.98 Å². The van der Waals surface area contributed by atoms with E-state index in [1.807, 2.05) is 34.6 Å². The van der Waals surface area contributed by atoms with Crippen molar-refractivity contribution in [3.63, 3.8) is 0 Å². The van der Waals surface area contributed by atoms with E-state index in [9.17, 15) is 8.42 Å². The van der Waals surface area contributed by atoms with Gasteiger partial charge in [-0.3, -0.25) is 0 Å². The van der Waals surface area contributed by atoms with Crippen LogP contribution in [0.25, 0.3) is 33.5 Å². The summed E-state index contributed by atoms with van der Waals surface area (Å²) in [5, 5.41) is 0. The van der Waals surface area contributed by atoms with Gasteiger partial charge in [0.05, 0.1) is 23.4 Å². The Morgan fingerprint density at radius 2 is 1.84 bits per heavy atom. The zero-order valence-corrected chi connectivity index (χ0v) is 18.1. The van der Waals surface area contributed by atoms with Crippen molar-refractivity contribution in [1.82, 2.24) is 19.3 Å². The van der Waals surface area contributed by atoms with Crippen LogP contribution >= 0.6 is 11.9 Å². The molecule has 1 saturated heterocycles. The van der Waals surface area contributed by atoms with Gasteiger partial charge in [-0.1, -0.05) is 24.3 Å². The molecule has 1 aliphatic rings. The van der Waals surface area contributed by atoms with Gasteiger partial charge in [0.15, 0.2) is 15.5 Å². The normalized spacial score (nSPS) is 16.5. The molecule has 5 rings (SSSR count). The van der Waals surface area contributed by atoms with Crippen molar-refractivity contribution in [2.24, 2.45) is 0 Å². The van der Waals surface area contributed by atoms with Crippen LogP contribution in [0.5, 0.6) is 0 Å². The summed E-state index contributed by atoms with van der Waals surface area (Å²) in [7, 11) is -2.93. The number of aromatic amines is 1. The highest BCUT2D eigenvalue weighted by Gasteiger charge is 2.23. The highest BCUT2D eigenvalue weighted by molar-refractivity contribution is 7.97. The Morgan fingerprint density at radius 3 is 2.65 bits per heavy atom. The van der Waals surface area contributed by atoms with Gasteiger partial charge in [-0.25, -0.2) is 27.1 Å². The van der Waals surface area contributed by atoms with Crippen LogP contribution in [0.4, 0.5) is 4.39 Å². The average Bonchev–Trinajstić information content (AvgIpc) is 3.23. The first-order valence-electron chi connectivity index (χ1n) is 9.81. The molecule has 3 heterocycles. The molecule has 0 aliphatic carbocycles. The van der Waals surface area contributed by atoms with Gasteiger partial charge in [0, 0.05) is 29.7 Å². The standard InChI is InChI=1S/C22H19FN4O2S2/c23-18-13-15(5-6-17(18)20-14-25-22-19(26-20)7-8-24-22)16-3-1-2-4-21(16)30-27-9-11-31(28,29)12-10-27/h1-8,13-14H,9-12H2,(H,24,25). The molecule has 1 N–H and O–H groups in total. The van der Waals surface area contributed by atoms with Gasteiger partial charge in [0.1, 0.15) is 11.3 Å². The lowest BCUT2D eigenvalue weighted by Crippen LogP contribution is -2.36. The maximum Gasteiger partial charge on any atom is 0.156 e. The second-order valence-corrected chi connectivity index (χ2v) is 10.8. The second-order valence-electron chi connectivity index (χ2n) is 7.33. The first-order chi connectivity index (χ1) is 15.0. The molecule has 0 bridgehead atoms. The summed E-state index contributed by atoms with van der Waals surface area (Å²) in [6, 6.07) is 14.7. The Bertz CT molecular complexity index is 1360. The fraction of sp³-hybridized carbons (Fsp3) is 0.182. The van der Waals surface area contributed by atoms with E-state index in [2.05, 4.69) is 15.0 Å². The molecular weight excluding hydrogens is 435 g/mol. The molecule has 0 saturated carbocycles. The Morgan fingerprint density at radius 1 is 1.03 bits per heavy atom. The van der Waals surface area contributed by atoms with E-state index in [1.165, 1.54) is 18.0 Å². The fourth-order valence-corrected chi connectivity index (χ4v) is 6.06. The summed E-state index contributed by atoms with van der Waals surface area (Å²) in [4.78, 5) is 12.7. The van der Waals surface area contributed by atoms with Crippen molar-refractivity contribution in [2.45, 2.75) is 4.90 Å². The van der Waals surface area contributed by atoms with Crippen molar-refractivity contribution in [1.29, 1.82) is 0 Å². The molecule has 1 aliphatic heterocycles. The van der Waals surface area contributed by atoms with Crippen LogP contribution in [0, 0.1) is 5.82 Å². The molecule has 1 fully saturated rings. The van der Waals surface area contributed by atoms with Crippen molar-refractivity contribution in [3.05, 3.63) is 66.7 Å². The molecule has 9 heteroatoms. The van der Waals surface area contributed by atoms with Crippen molar-refractivity contribution in [3.8, 4) is 22.4 Å². The number of fused-ring (bicyclic) bond motifs is 1. The Kier molecular flexibility index (Phi) is 5.25. The minimum atomic E-state index is -2.93. The molecule has 158 valence electrons. The van der Waals surface area contributed by atoms with Crippen molar-refractivity contribution < 1.29 is 12.8 Å². The number of halogens is 1. The topological polar surface area (TPSA) is 79.0 Å². The lowest BCUT2D eigenvalue weighted by molar-refractivity contribution is 0.489. The van der Waals surface area contributed by atoms with Crippen LogP contribution in [0.1, 0.15) is 0 Å². The Hall–Kier alpha value is -2.75. The smallest absolute Gasteiger partial charge is 0.156 e. The third-order valence-electron chi connectivity index (χ3n) is 5.23. The number of rotatable bonds is 4. The number of nitrogens with one attached hydrogen (secondary N) is 1. The lowest BCUT2D eigenvalue weighted by atomic mass is 10.0. The molecule has 4 aromatic rings. The summed E-state index contributed by atoms with van der Waals surface area (Å²) in [5.74, 6) is -0.0405. The first-order valence-corrected chi connectivity index (χ1v) is 12.4. The van der Waals surface area contributed by atoms with Gasteiger partial charge in [-0.15, -0.1) is 0 Å². The molecule has 6 nitrogen and oxygen atoms in total. The van der Waals surface area contributed by atoms with Gasteiger partial charge in [0.2, 0.25) is 0 Å². The summed E-state index contributed by atoms with van der Waals surface area (Å²) >= 11 is 1.52. The van der Waals surface area contributed by atoms with E-state index < -0.39 is 9.84 Å². The largest absolute Gasteiger partial charge is 0.345 e. The van der Waals surface area contributed by atoms with E-state index in [4.69, 9.17) is 0 Å². The maximum absolute atomic E-state index is 15.1. The van der Waals surface area contributed by atoms with E-state index in [1.54, 1.807) is 24.5 Å². The molecular formula is C22H19FN4O2S2. The van der Waals surface area contributed by atoms with Crippen LogP contribution in [-0.2, 0) is 9.84 Å².